The molecule has 0 bridgehead atoms. The first kappa shape index (κ1) is 19.4. The van der Waals surface area contributed by atoms with Crippen molar-refractivity contribution in [2.75, 3.05) is 25.0 Å². The van der Waals surface area contributed by atoms with E-state index in [4.69, 9.17) is 10.5 Å². The van der Waals surface area contributed by atoms with Crippen molar-refractivity contribution in [1.29, 1.82) is 0 Å². The molecule has 0 aliphatic carbocycles. The molecule has 4 N–H and O–H groups in total. The van der Waals surface area contributed by atoms with Gasteiger partial charge in [0.25, 0.3) is 11.8 Å². The van der Waals surface area contributed by atoms with E-state index < -0.39 is 0 Å². The van der Waals surface area contributed by atoms with Crippen LogP contribution in [-0.2, 0) is 9.53 Å². The fraction of sp³-hybridized carbons (Fsp3) is 0.500. The van der Waals surface area contributed by atoms with Crippen LogP contribution in [0, 0.1) is 0 Å². The molecule has 0 aromatic heterocycles. The summed E-state index contributed by atoms with van der Waals surface area (Å²) in [5.41, 5.74) is 6.54. The van der Waals surface area contributed by atoms with E-state index in [1.807, 2.05) is 0 Å². The molecular weight excluding hydrogens is 318 g/mol. The fourth-order valence-electron chi connectivity index (χ4n) is 2.32. The van der Waals surface area contributed by atoms with Gasteiger partial charge in [-0.25, -0.2) is 0 Å². The first-order valence-electron chi connectivity index (χ1n) is 7.71. The van der Waals surface area contributed by atoms with E-state index in [-0.39, 0.29) is 30.3 Å². The van der Waals surface area contributed by atoms with Gasteiger partial charge in [0.15, 0.2) is 0 Å². The zero-order valence-electron chi connectivity index (χ0n) is 13.0. The van der Waals surface area contributed by atoms with Crippen molar-refractivity contribution in [2.45, 2.75) is 31.8 Å². The Kier molecular flexibility index (Phi) is 8.61. The van der Waals surface area contributed by atoms with Gasteiger partial charge < -0.3 is 21.1 Å². The summed E-state index contributed by atoms with van der Waals surface area (Å²) < 4.78 is 5.34. The Balaban J connectivity index is 0.00000264. The Hall–Kier alpha value is -1.63. The molecule has 23 heavy (non-hydrogen) atoms. The lowest BCUT2D eigenvalue weighted by Gasteiger charge is -2.11. The minimum atomic E-state index is -0.381. The van der Waals surface area contributed by atoms with E-state index in [1.165, 1.54) is 0 Å². The number of carbonyl (C=O) groups excluding carboxylic acids is 2. The van der Waals surface area contributed by atoms with Gasteiger partial charge >= 0.3 is 0 Å². The number of nitrogens with one attached hydrogen (secondary N) is 2. The van der Waals surface area contributed by atoms with Crippen LogP contribution in [0.1, 0.15) is 36.0 Å². The molecule has 1 fully saturated rings. The number of anilines is 1. The summed E-state index contributed by atoms with van der Waals surface area (Å²) in [6.07, 6.45) is 3.01. The van der Waals surface area contributed by atoms with E-state index in [0.717, 1.165) is 25.7 Å². The van der Waals surface area contributed by atoms with Gasteiger partial charge in [0.2, 0.25) is 0 Å². The smallest absolute Gasteiger partial charge is 0.253 e. The molecule has 1 heterocycles. The Morgan fingerprint density at radius 2 is 2.13 bits per heavy atom. The number of carbonyl (C=O) groups is 2. The molecule has 0 radical (unpaired) electrons. The van der Waals surface area contributed by atoms with E-state index in [9.17, 15) is 9.59 Å². The topological polar surface area (TPSA) is 93.5 Å². The lowest BCUT2D eigenvalue weighted by Crippen LogP contribution is -2.27. The lowest BCUT2D eigenvalue weighted by atomic mass is 10.1. The molecule has 1 aliphatic heterocycles. The minimum Gasteiger partial charge on any atom is -0.368 e. The van der Waals surface area contributed by atoms with Crippen LogP contribution in [0.15, 0.2) is 24.3 Å². The maximum atomic E-state index is 12.0. The predicted molar refractivity (Wildman–Crippen MR) is 91.9 cm³/mol. The number of nitrogens with two attached hydrogens (primary N) is 1. The Morgan fingerprint density at radius 1 is 1.30 bits per heavy atom. The summed E-state index contributed by atoms with van der Waals surface area (Å²) in [7, 11) is 0. The maximum Gasteiger partial charge on any atom is 0.253 e. The molecule has 128 valence electrons. The molecule has 6 nitrogen and oxygen atoms in total. The number of benzene rings is 1. The minimum absolute atomic E-state index is 0. The third-order valence-electron chi connectivity index (χ3n) is 3.53. The van der Waals surface area contributed by atoms with Crippen LogP contribution in [0.2, 0.25) is 0 Å². The average Bonchev–Trinajstić information content (AvgIpc) is 3.06. The summed E-state index contributed by atoms with van der Waals surface area (Å²) in [5, 5.41) is 5.63. The largest absolute Gasteiger partial charge is 0.368 e. The molecule has 1 aromatic rings. The highest BCUT2D eigenvalue weighted by Crippen LogP contribution is 2.16. The van der Waals surface area contributed by atoms with Crippen molar-refractivity contribution in [3.63, 3.8) is 0 Å². The van der Waals surface area contributed by atoms with E-state index in [0.29, 0.717) is 30.9 Å². The number of halogens is 1. The van der Waals surface area contributed by atoms with Crippen molar-refractivity contribution in [1.82, 2.24) is 5.32 Å². The molecule has 1 saturated heterocycles. The number of rotatable bonds is 7. The van der Waals surface area contributed by atoms with E-state index >= 15 is 0 Å². The van der Waals surface area contributed by atoms with Crippen LogP contribution >= 0.6 is 12.4 Å². The molecule has 0 spiro atoms. The van der Waals surface area contributed by atoms with E-state index in [2.05, 4.69) is 10.6 Å². The first-order valence-corrected chi connectivity index (χ1v) is 7.71. The molecule has 1 aliphatic rings. The second kappa shape index (κ2) is 10.2. The molecule has 1 atom stereocenters. The molecular formula is C16H24ClN3O3. The van der Waals surface area contributed by atoms with Crippen molar-refractivity contribution in [3.05, 3.63) is 29.8 Å². The number of hydrogen-bond donors (Lipinski definition) is 3. The lowest BCUT2D eigenvalue weighted by molar-refractivity contribution is -0.124. The highest BCUT2D eigenvalue weighted by Gasteiger charge is 2.23. The summed E-state index contributed by atoms with van der Waals surface area (Å²) in [4.78, 5) is 24.0. The third kappa shape index (κ3) is 6.17. The summed E-state index contributed by atoms with van der Waals surface area (Å²) in [6, 6.07) is 6.91. The zero-order valence-corrected chi connectivity index (χ0v) is 13.9. The normalized spacial score (nSPS) is 16.5. The number of hydrogen-bond acceptors (Lipinski definition) is 4. The number of unbranched alkanes of at least 4 members (excludes halogenated alkanes) is 1. The predicted octanol–water partition coefficient (Wildman–Crippen LogP) is 1.69. The highest BCUT2D eigenvalue weighted by atomic mass is 35.5. The van der Waals surface area contributed by atoms with Crippen LogP contribution in [0.25, 0.3) is 0 Å². The first-order chi connectivity index (χ1) is 10.7. The molecule has 0 saturated carbocycles. The summed E-state index contributed by atoms with van der Waals surface area (Å²) in [6.45, 7) is 1.85. The van der Waals surface area contributed by atoms with Gasteiger partial charge in [0.1, 0.15) is 6.10 Å². The number of ether oxygens (including phenoxy) is 1. The van der Waals surface area contributed by atoms with Gasteiger partial charge in [-0.15, -0.1) is 12.4 Å². The van der Waals surface area contributed by atoms with Crippen molar-refractivity contribution >= 4 is 29.9 Å². The van der Waals surface area contributed by atoms with Gasteiger partial charge in [0, 0.05) is 24.4 Å². The Morgan fingerprint density at radius 3 is 2.83 bits per heavy atom. The van der Waals surface area contributed by atoms with E-state index in [1.54, 1.807) is 24.3 Å². The van der Waals surface area contributed by atoms with Crippen LogP contribution in [0.5, 0.6) is 0 Å². The monoisotopic (exact) mass is 341 g/mol. The van der Waals surface area contributed by atoms with Crippen molar-refractivity contribution < 1.29 is 14.3 Å². The second-order valence-corrected chi connectivity index (χ2v) is 5.32. The van der Waals surface area contributed by atoms with Gasteiger partial charge in [-0.2, -0.15) is 0 Å². The van der Waals surface area contributed by atoms with Crippen molar-refractivity contribution in [3.8, 4) is 0 Å². The summed E-state index contributed by atoms with van der Waals surface area (Å²) in [5.74, 6) is -0.303. The Labute approximate surface area is 142 Å². The molecule has 7 heteroatoms. The average molecular weight is 342 g/mol. The van der Waals surface area contributed by atoms with Crippen LogP contribution in [0.3, 0.4) is 0 Å². The standard InChI is InChI=1S/C16H23N3O3.ClH/c17-8-1-2-9-18-15(20)12-5-3-6-13(11-12)19-16(21)14-7-4-10-22-14;/h3,5-6,11,14H,1-2,4,7-10,17H2,(H,18,20)(H,19,21);1H. The van der Waals surface area contributed by atoms with Gasteiger partial charge in [0.05, 0.1) is 0 Å². The second-order valence-electron chi connectivity index (χ2n) is 5.32. The highest BCUT2D eigenvalue weighted by molar-refractivity contribution is 5.98. The SMILES string of the molecule is Cl.NCCCCNC(=O)c1cccc(NC(=O)C2CCCO2)c1. The molecule has 1 unspecified atom stereocenters. The molecule has 2 rings (SSSR count). The number of amides is 2. The van der Waals surface area contributed by atoms with Gasteiger partial charge in [-0.05, 0) is 50.4 Å². The third-order valence-corrected chi connectivity index (χ3v) is 3.53. The molecule has 1 aromatic carbocycles. The fourth-order valence-corrected chi connectivity index (χ4v) is 2.32. The van der Waals surface area contributed by atoms with Gasteiger partial charge in [-0.1, -0.05) is 6.07 Å². The van der Waals surface area contributed by atoms with Crippen LogP contribution in [0.4, 0.5) is 5.69 Å². The zero-order chi connectivity index (χ0) is 15.8. The maximum absolute atomic E-state index is 12.0. The molecule has 2 amide bonds. The quantitative estimate of drug-likeness (QED) is 0.658. The van der Waals surface area contributed by atoms with Crippen LogP contribution < -0.4 is 16.4 Å². The van der Waals surface area contributed by atoms with Gasteiger partial charge in [-0.3, -0.25) is 9.59 Å². The summed E-state index contributed by atoms with van der Waals surface area (Å²) >= 11 is 0. The Bertz CT molecular complexity index is 519. The van der Waals surface area contributed by atoms with Crippen molar-refractivity contribution in [2.24, 2.45) is 5.73 Å². The van der Waals surface area contributed by atoms with Crippen LogP contribution in [-0.4, -0.2) is 37.6 Å².